The highest BCUT2D eigenvalue weighted by Crippen LogP contribution is 2.20. The maximum atomic E-state index is 12.1. The second-order valence-corrected chi connectivity index (χ2v) is 5.85. The molecule has 0 aliphatic carbocycles. The maximum absolute atomic E-state index is 12.1. The minimum absolute atomic E-state index is 0.0354. The van der Waals surface area contributed by atoms with Crippen molar-refractivity contribution in [3.8, 4) is 0 Å². The summed E-state index contributed by atoms with van der Waals surface area (Å²) in [7, 11) is -2.24. The van der Waals surface area contributed by atoms with E-state index < -0.39 is 10.0 Å². The Balaban J connectivity index is 2.33. The Kier molecular flexibility index (Phi) is 3.39. The smallest absolute Gasteiger partial charge is 0.275 e. The highest BCUT2D eigenvalue weighted by Gasteiger charge is 2.24. The lowest BCUT2D eigenvalue weighted by atomic mass is 10.6. The summed E-state index contributed by atoms with van der Waals surface area (Å²) in [4.78, 5) is 0. The molecule has 0 amide bonds. The number of hydrogen-bond donors (Lipinski definition) is 1. The van der Waals surface area contributed by atoms with Gasteiger partial charge in [-0.3, -0.25) is 9.40 Å². The summed E-state index contributed by atoms with van der Waals surface area (Å²) in [5.41, 5.74) is 0.393. The van der Waals surface area contributed by atoms with E-state index in [2.05, 4.69) is 36.1 Å². The minimum atomic E-state index is -3.74. The first-order valence-electron chi connectivity index (χ1n) is 5.04. The van der Waals surface area contributed by atoms with Gasteiger partial charge in [-0.1, -0.05) is 5.21 Å². The van der Waals surface area contributed by atoms with Crippen molar-refractivity contribution in [1.29, 1.82) is 0 Å². The Labute approximate surface area is 112 Å². The van der Waals surface area contributed by atoms with Gasteiger partial charge in [-0.2, -0.15) is 13.5 Å². The van der Waals surface area contributed by atoms with E-state index in [1.54, 1.807) is 10.9 Å². The molecule has 98 valence electrons. The van der Waals surface area contributed by atoms with Gasteiger partial charge in [0.1, 0.15) is 0 Å². The molecular weight excluding hydrogens is 324 g/mol. The third-order valence-corrected chi connectivity index (χ3v) is 4.47. The van der Waals surface area contributed by atoms with Crippen LogP contribution in [-0.4, -0.2) is 33.2 Å². The molecule has 2 heterocycles. The summed E-state index contributed by atoms with van der Waals surface area (Å²) in [6.45, 7) is 2.57. The van der Waals surface area contributed by atoms with Crippen LogP contribution in [0, 0.1) is 0 Å². The summed E-state index contributed by atoms with van der Waals surface area (Å²) in [6, 6.07) is 0. The van der Waals surface area contributed by atoms with E-state index in [9.17, 15) is 8.42 Å². The minimum Gasteiger partial charge on any atom is -0.275 e. The fraction of sp³-hybridized carbons (Fsp3) is 0.375. The van der Waals surface area contributed by atoms with Crippen LogP contribution in [0.3, 0.4) is 0 Å². The molecule has 0 saturated heterocycles. The molecule has 2 aromatic heterocycles. The molecule has 8 nitrogen and oxygen atoms in total. The van der Waals surface area contributed by atoms with Crippen LogP contribution in [0.1, 0.15) is 6.92 Å². The molecule has 0 unspecified atom stereocenters. The molecule has 0 saturated carbocycles. The van der Waals surface area contributed by atoms with Crippen molar-refractivity contribution in [2.24, 2.45) is 7.05 Å². The standard InChI is InChI=1S/C8H11BrN6O2S/c1-3-15-5-6(4-10-15)12-18(16,17)8-7(9)11-13-14(8)2/h4-5,12H,3H2,1-2H3. The second kappa shape index (κ2) is 4.69. The molecule has 18 heavy (non-hydrogen) atoms. The lowest BCUT2D eigenvalue weighted by Crippen LogP contribution is -2.16. The number of hydrogen-bond acceptors (Lipinski definition) is 5. The number of anilines is 1. The summed E-state index contributed by atoms with van der Waals surface area (Å²) in [6.07, 6.45) is 3.05. The second-order valence-electron chi connectivity index (χ2n) is 3.50. The van der Waals surface area contributed by atoms with Crippen LogP contribution in [0.5, 0.6) is 0 Å². The van der Waals surface area contributed by atoms with Gasteiger partial charge in [-0.15, -0.1) is 5.10 Å². The first-order chi connectivity index (χ1) is 8.44. The number of nitrogens with zero attached hydrogens (tertiary/aromatic N) is 5. The molecule has 0 bridgehead atoms. The van der Waals surface area contributed by atoms with E-state index in [0.717, 1.165) is 0 Å². The molecule has 0 atom stereocenters. The zero-order valence-electron chi connectivity index (χ0n) is 9.70. The van der Waals surface area contributed by atoms with Crippen molar-refractivity contribution in [2.45, 2.75) is 18.5 Å². The molecule has 0 fully saturated rings. The van der Waals surface area contributed by atoms with Gasteiger partial charge in [0.05, 0.1) is 11.9 Å². The van der Waals surface area contributed by atoms with Gasteiger partial charge >= 0.3 is 0 Å². The zero-order valence-corrected chi connectivity index (χ0v) is 12.1. The number of nitrogens with one attached hydrogen (secondary N) is 1. The van der Waals surface area contributed by atoms with Crippen molar-refractivity contribution >= 4 is 31.6 Å². The predicted octanol–water partition coefficient (Wildman–Crippen LogP) is 0.595. The Bertz CT molecular complexity index is 641. The summed E-state index contributed by atoms with van der Waals surface area (Å²) in [5, 5.41) is 11.2. The average Bonchev–Trinajstić information content (AvgIpc) is 2.85. The lowest BCUT2D eigenvalue weighted by molar-refractivity contribution is 0.578. The number of halogens is 1. The van der Waals surface area contributed by atoms with Gasteiger partial charge in [-0.25, -0.2) is 4.68 Å². The van der Waals surface area contributed by atoms with Gasteiger partial charge in [0.15, 0.2) is 4.60 Å². The largest absolute Gasteiger partial charge is 0.282 e. The fourth-order valence-corrected chi connectivity index (χ4v) is 3.53. The molecule has 0 aliphatic heterocycles. The molecule has 2 aromatic rings. The van der Waals surface area contributed by atoms with Gasteiger partial charge < -0.3 is 0 Å². The quantitative estimate of drug-likeness (QED) is 0.883. The Hall–Kier alpha value is -1.42. The SMILES string of the molecule is CCn1cc(NS(=O)(=O)c2c(Br)nnn2C)cn1. The normalized spacial score (nSPS) is 11.7. The third kappa shape index (κ3) is 2.38. The van der Waals surface area contributed by atoms with Crippen LogP contribution in [0.2, 0.25) is 0 Å². The highest BCUT2D eigenvalue weighted by molar-refractivity contribution is 9.10. The fourth-order valence-electron chi connectivity index (χ4n) is 1.40. The van der Waals surface area contributed by atoms with Crippen molar-refractivity contribution in [1.82, 2.24) is 24.8 Å². The summed E-state index contributed by atoms with van der Waals surface area (Å²) in [5.74, 6) is 0. The molecule has 10 heteroatoms. The number of sulfonamides is 1. The molecular formula is C8H11BrN6O2S. The van der Waals surface area contributed by atoms with Gasteiger partial charge in [0.25, 0.3) is 10.0 Å². The van der Waals surface area contributed by atoms with E-state index in [0.29, 0.717) is 12.2 Å². The van der Waals surface area contributed by atoms with Crippen molar-refractivity contribution in [3.63, 3.8) is 0 Å². The van der Waals surface area contributed by atoms with Crippen LogP contribution >= 0.6 is 15.9 Å². The topological polar surface area (TPSA) is 94.7 Å². The first-order valence-corrected chi connectivity index (χ1v) is 7.32. The van der Waals surface area contributed by atoms with Crippen LogP contribution in [0.4, 0.5) is 5.69 Å². The van der Waals surface area contributed by atoms with Gasteiger partial charge in [0.2, 0.25) is 5.03 Å². The van der Waals surface area contributed by atoms with Crippen molar-refractivity contribution < 1.29 is 8.42 Å². The summed E-state index contributed by atoms with van der Waals surface area (Å²) < 4.78 is 29.6. The highest BCUT2D eigenvalue weighted by atomic mass is 79.9. The van der Waals surface area contributed by atoms with E-state index in [-0.39, 0.29) is 9.63 Å². The van der Waals surface area contributed by atoms with Crippen LogP contribution < -0.4 is 4.72 Å². The van der Waals surface area contributed by atoms with E-state index in [1.165, 1.54) is 17.9 Å². The first kappa shape index (κ1) is 13.0. The summed E-state index contributed by atoms with van der Waals surface area (Å²) >= 11 is 3.05. The number of aromatic nitrogens is 5. The Morgan fingerprint density at radius 1 is 1.50 bits per heavy atom. The van der Waals surface area contributed by atoms with Crippen molar-refractivity contribution in [3.05, 3.63) is 17.0 Å². The molecule has 0 spiro atoms. The zero-order chi connectivity index (χ0) is 13.3. The lowest BCUT2D eigenvalue weighted by Gasteiger charge is -2.05. The molecule has 0 aliphatic rings. The molecule has 1 N–H and O–H groups in total. The third-order valence-electron chi connectivity index (χ3n) is 2.20. The van der Waals surface area contributed by atoms with Crippen LogP contribution in [-0.2, 0) is 23.6 Å². The molecule has 2 rings (SSSR count). The Morgan fingerprint density at radius 3 is 2.72 bits per heavy atom. The maximum Gasteiger partial charge on any atom is 0.282 e. The van der Waals surface area contributed by atoms with E-state index in [4.69, 9.17) is 0 Å². The van der Waals surface area contributed by atoms with Crippen LogP contribution in [0.25, 0.3) is 0 Å². The van der Waals surface area contributed by atoms with Gasteiger partial charge in [0, 0.05) is 19.8 Å². The predicted molar refractivity (Wildman–Crippen MR) is 67.4 cm³/mol. The average molecular weight is 335 g/mol. The Morgan fingerprint density at radius 2 is 2.22 bits per heavy atom. The monoisotopic (exact) mass is 334 g/mol. The molecule has 0 aromatic carbocycles. The molecule has 0 radical (unpaired) electrons. The van der Waals surface area contributed by atoms with Crippen LogP contribution in [0.15, 0.2) is 22.0 Å². The number of aryl methyl sites for hydroxylation is 2. The van der Waals surface area contributed by atoms with Gasteiger partial charge in [-0.05, 0) is 22.9 Å². The van der Waals surface area contributed by atoms with Crippen molar-refractivity contribution in [2.75, 3.05) is 4.72 Å². The van der Waals surface area contributed by atoms with E-state index >= 15 is 0 Å². The van der Waals surface area contributed by atoms with E-state index in [1.807, 2.05) is 6.92 Å². The number of rotatable bonds is 4.